The van der Waals surface area contributed by atoms with E-state index in [0.717, 1.165) is 19.4 Å². The maximum atomic E-state index is 8.34. The zero-order chi connectivity index (χ0) is 8.36. The summed E-state index contributed by atoms with van der Waals surface area (Å²) in [6, 6.07) is 0. The summed E-state index contributed by atoms with van der Waals surface area (Å²) in [6.45, 7) is 4.68. The molecule has 0 aromatic rings. The predicted octanol–water partition coefficient (Wildman–Crippen LogP) is -2.18. The van der Waals surface area contributed by atoms with Gasteiger partial charge in [0.25, 0.3) is 0 Å². The second kappa shape index (κ2) is 14.4. The van der Waals surface area contributed by atoms with E-state index >= 15 is 0 Å². The van der Waals surface area contributed by atoms with Crippen molar-refractivity contribution >= 4 is 0 Å². The third-order valence-corrected chi connectivity index (χ3v) is 1.25. The fourth-order valence-electron chi connectivity index (χ4n) is 0.633. The minimum atomic E-state index is 0. The second-order valence-corrected chi connectivity index (χ2v) is 2.30. The van der Waals surface area contributed by atoms with E-state index in [4.69, 9.17) is 14.6 Å². The molecule has 0 saturated carbocycles. The van der Waals surface area contributed by atoms with Crippen LogP contribution in [-0.2, 0) is 9.47 Å². The van der Waals surface area contributed by atoms with Crippen molar-refractivity contribution in [1.82, 2.24) is 0 Å². The maximum absolute atomic E-state index is 8.34. The fraction of sp³-hybridized carbons (Fsp3) is 1.00. The Kier molecular flexibility index (Phi) is 18.4. The molecule has 68 valence electrons. The van der Waals surface area contributed by atoms with E-state index in [-0.39, 0.29) is 36.2 Å². The summed E-state index contributed by atoms with van der Waals surface area (Å²) in [5.41, 5.74) is 0. The molecule has 0 aliphatic carbocycles. The zero-order valence-electron chi connectivity index (χ0n) is 8.21. The summed E-state index contributed by atoms with van der Waals surface area (Å²) >= 11 is 0. The third-order valence-electron chi connectivity index (χ3n) is 1.25. The van der Waals surface area contributed by atoms with Crippen LogP contribution < -0.4 is 29.6 Å². The molecule has 0 radical (unpaired) electrons. The number of unbranched alkanes of at least 4 members (excludes halogenated alkanes) is 1. The first-order chi connectivity index (χ1) is 5.41. The molecule has 3 nitrogen and oxygen atoms in total. The van der Waals surface area contributed by atoms with E-state index < -0.39 is 0 Å². The Balaban J connectivity index is 0. The number of hydrogen-bond acceptors (Lipinski definition) is 3. The molecule has 12 heavy (non-hydrogen) atoms. The van der Waals surface area contributed by atoms with Crippen molar-refractivity contribution in [1.29, 1.82) is 0 Å². The van der Waals surface area contributed by atoms with Crippen LogP contribution in [0.5, 0.6) is 0 Å². The molecular weight excluding hydrogens is 167 g/mol. The van der Waals surface area contributed by atoms with E-state index in [9.17, 15) is 0 Å². The Morgan fingerprint density at radius 3 is 2.08 bits per heavy atom. The molecule has 4 heteroatoms. The molecule has 0 aromatic carbocycles. The van der Waals surface area contributed by atoms with Gasteiger partial charge in [-0.1, -0.05) is 13.3 Å². The molecule has 0 rings (SSSR count). The minimum absolute atomic E-state index is 0. The van der Waals surface area contributed by atoms with Crippen molar-refractivity contribution in [3.63, 3.8) is 0 Å². The number of rotatable bonds is 8. The van der Waals surface area contributed by atoms with Gasteiger partial charge in [0.2, 0.25) is 0 Å². The van der Waals surface area contributed by atoms with E-state index in [1.807, 2.05) is 0 Å². The first-order valence-electron chi connectivity index (χ1n) is 4.18. The van der Waals surface area contributed by atoms with E-state index in [1.54, 1.807) is 0 Å². The molecule has 0 atom stereocenters. The van der Waals surface area contributed by atoms with Crippen LogP contribution >= 0.6 is 0 Å². The van der Waals surface area contributed by atoms with Gasteiger partial charge in [0.15, 0.2) is 0 Å². The SMILES string of the molecule is CCCCOCCOCCO.[Na+]. The topological polar surface area (TPSA) is 38.7 Å². The summed E-state index contributed by atoms with van der Waals surface area (Å²) in [4.78, 5) is 0. The van der Waals surface area contributed by atoms with Crippen LogP contribution in [0.25, 0.3) is 0 Å². The van der Waals surface area contributed by atoms with Gasteiger partial charge in [0.05, 0.1) is 26.4 Å². The summed E-state index contributed by atoms with van der Waals surface area (Å²) < 4.78 is 10.2. The number of aliphatic hydroxyl groups excluding tert-OH is 1. The van der Waals surface area contributed by atoms with Crippen molar-refractivity contribution in [2.24, 2.45) is 0 Å². The van der Waals surface area contributed by atoms with Crippen LogP contribution in [0, 0.1) is 0 Å². The fourth-order valence-corrected chi connectivity index (χ4v) is 0.633. The monoisotopic (exact) mass is 185 g/mol. The van der Waals surface area contributed by atoms with E-state index in [1.165, 1.54) is 0 Å². The second-order valence-electron chi connectivity index (χ2n) is 2.30. The summed E-state index contributed by atoms with van der Waals surface area (Å²) in [7, 11) is 0. The largest absolute Gasteiger partial charge is 1.00 e. The Hall–Kier alpha value is 0.880. The van der Waals surface area contributed by atoms with Crippen LogP contribution in [0.4, 0.5) is 0 Å². The van der Waals surface area contributed by atoms with Crippen LogP contribution in [0.3, 0.4) is 0 Å². The van der Waals surface area contributed by atoms with Gasteiger partial charge in [0.1, 0.15) is 0 Å². The van der Waals surface area contributed by atoms with Gasteiger partial charge in [-0.3, -0.25) is 0 Å². The summed E-state index contributed by atoms with van der Waals surface area (Å²) in [5.74, 6) is 0. The molecule has 0 saturated heterocycles. The average molecular weight is 185 g/mol. The Labute approximate surface area is 96.7 Å². The molecule has 0 unspecified atom stereocenters. The van der Waals surface area contributed by atoms with Crippen LogP contribution in [-0.4, -0.2) is 38.1 Å². The van der Waals surface area contributed by atoms with E-state index in [2.05, 4.69) is 6.92 Å². The van der Waals surface area contributed by atoms with Crippen molar-refractivity contribution in [2.75, 3.05) is 33.0 Å². The molecule has 0 aromatic heterocycles. The van der Waals surface area contributed by atoms with E-state index in [0.29, 0.717) is 19.8 Å². The smallest absolute Gasteiger partial charge is 0.394 e. The van der Waals surface area contributed by atoms with Crippen LogP contribution in [0.2, 0.25) is 0 Å². The number of ether oxygens (including phenoxy) is 2. The van der Waals surface area contributed by atoms with Gasteiger partial charge >= 0.3 is 29.6 Å². The molecule has 0 spiro atoms. The average Bonchev–Trinajstić information content (AvgIpc) is 2.03. The normalized spacial score (nSPS) is 9.50. The van der Waals surface area contributed by atoms with Gasteiger partial charge in [-0.05, 0) is 6.42 Å². The Morgan fingerprint density at radius 2 is 1.58 bits per heavy atom. The van der Waals surface area contributed by atoms with Crippen molar-refractivity contribution in [3.8, 4) is 0 Å². The van der Waals surface area contributed by atoms with Gasteiger partial charge in [0, 0.05) is 6.61 Å². The first kappa shape index (κ1) is 15.4. The molecule has 0 aliphatic heterocycles. The third kappa shape index (κ3) is 13.5. The number of hydrogen-bond donors (Lipinski definition) is 1. The van der Waals surface area contributed by atoms with Crippen LogP contribution in [0.15, 0.2) is 0 Å². The quantitative estimate of drug-likeness (QED) is 0.345. The van der Waals surface area contributed by atoms with Gasteiger partial charge in [-0.15, -0.1) is 0 Å². The Bertz CT molecular complexity index is 63.3. The molecular formula is C8H18NaO3+. The van der Waals surface area contributed by atoms with Crippen molar-refractivity contribution in [3.05, 3.63) is 0 Å². The molecule has 0 bridgehead atoms. The van der Waals surface area contributed by atoms with Crippen molar-refractivity contribution < 1.29 is 44.1 Å². The van der Waals surface area contributed by atoms with Gasteiger partial charge in [-0.25, -0.2) is 0 Å². The van der Waals surface area contributed by atoms with Crippen molar-refractivity contribution in [2.45, 2.75) is 19.8 Å². The minimum Gasteiger partial charge on any atom is -0.394 e. The zero-order valence-corrected chi connectivity index (χ0v) is 10.2. The summed E-state index contributed by atoms with van der Waals surface area (Å²) in [5, 5.41) is 8.34. The predicted molar refractivity (Wildman–Crippen MR) is 43.6 cm³/mol. The molecule has 0 heterocycles. The number of aliphatic hydroxyl groups is 1. The molecule has 0 fully saturated rings. The van der Waals surface area contributed by atoms with Gasteiger partial charge < -0.3 is 14.6 Å². The van der Waals surface area contributed by atoms with Gasteiger partial charge in [-0.2, -0.15) is 0 Å². The van der Waals surface area contributed by atoms with Crippen LogP contribution in [0.1, 0.15) is 19.8 Å². The standard InChI is InChI=1S/C8H18O3.Na/c1-2-3-5-10-7-8-11-6-4-9;/h9H,2-8H2,1H3;/q;+1. The molecule has 0 amide bonds. The molecule has 1 N–H and O–H groups in total. The summed E-state index contributed by atoms with van der Waals surface area (Å²) in [6.07, 6.45) is 2.28. The Morgan fingerprint density at radius 1 is 1.00 bits per heavy atom. The maximum Gasteiger partial charge on any atom is 1.00 e. The molecule has 0 aliphatic rings. The first-order valence-corrected chi connectivity index (χ1v) is 4.18.